The number of hydrogen-bond donors (Lipinski definition) is 0. The fraction of sp³-hybridized carbons (Fsp3) is 0.562. The van der Waals surface area contributed by atoms with Crippen LogP contribution in [0.3, 0.4) is 0 Å². The number of ether oxygens (including phenoxy) is 3. The molecule has 21 heavy (non-hydrogen) atoms. The van der Waals surface area contributed by atoms with E-state index in [2.05, 4.69) is 32.8 Å². The third-order valence-corrected chi connectivity index (χ3v) is 4.04. The topological polar surface area (TPSA) is 40.6 Å². The molecule has 1 aliphatic heterocycles. The zero-order valence-electron chi connectivity index (χ0n) is 12.4. The lowest BCUT2D eigenvalue weighted by molar-refractivity contribution is -0.0206. The average molecular weight is 354 g/mol. The first kappa shape index (κ1) is 16.4. The first-order chi connectivity index (χ1) is 10.2. The van der Waals surface area contributed by atoms with Crippen molar-refractivity contribution in [3.05, 3.63) is 28.0 Å². The Morgan fingerprint density at radius 2 is 2.24 bits per heavy atom. The van der Waals surface area contributed by atoms with Gasteiger partial charge in [0.2, 0.25) is 0 Å². The molecule has 2 heterocycles. The Morgan fingerprint density at radius 3 is 2.90 bits per heavy atom. The molecule has 0 N–H and O–H groups in total. The summed E-state index contributed by atoms with van der Waals surface area (Å²) >= 11 is 3.50. The molecular formula is C16H20BrNO3. The first-order valence-electron chi connectivity index (χ1n) is 7.07. The van der Waals surface area contributed by atoms with Crippen LogP contribution in [0.4, 0.5) is 0 Å². The van der Waals surface area contributed by atoms with E-state index in [1.165, 1.54) is 0 Å². The van der Waals surface area contributed by atoms with Crippen molar-refractivity contribution in [3.8, 4) is 11.8 Å². The lowest BCUT2D eigenvalue weighted by Crippen LogP contribution is -2.23. The van der Waals surface area contributed by atoms with Crippen molar-refractivity contribution >= 4 is 15.9 Å². The van der Waals surface area contributed by atoms with E-state index in [4.69, 9.17) is 14.2 Å². The second-order valence-electron chi connectivity index (χ2n) is 4.89. The molecule has 1 saturated heterocycles. The van der Waals surface area contributed by atoms with Gasteiger partial charge in [0.1, 0.15) is 6.61 Å². The molecule has 1 fully saturated rings. The van der Waals surface area contributed by atoms with Crippen molar-refractivity contribution in [2.45, 2.75) is 32.0 Å². The third-order valence-electron chi connectivity index (χ3n) is 3.40. The van der Waals surface area contributed by atoms with Crippen LogP contribution in [-0.2, 0) is 14.2 Å². The van der Waals surface area contributed by atoms with Gasteiger partial charge in [0.05, 0.1) is 17.9 Å². The summed E-state index contributed by atoms with van der Waals surface area (Å²) < 4.78 is 17.2. The fourth-order valence-electron chi connectivity index (χ4n) is 2.07. The summed E-state index contributed by atoms with van der Waals surface area (Å²) in [6.07, 6.45) is 3.91. The molecule has 2 rings (SSSR count). The van der Waals surface area contributed by atoms with Crippen LogP contribution in [0.1, 0.15) is 37.1 Å². The summed E-state index contributed by atoms with van der Waals surface area (Å²) in [5.41, 5.74) is 1.74. The number of pyridine rings is 1. The maximum atomic E-state index is 5.71. The minimum Gasteiger partial charge on any atom is -0.381 e. The van der Waals surface area contributed by atoms with E-state index < -0.39 is 0 Å². The first-order valence-corrected chi connectivity index (χ1v) is 7.86. The predicted octanol–water partition coefficient (Wildman–Crippen LogP) is 3.10. The summed E-state index contributed by atoms with van der Waals surface area (Å²) in [5.74, 6) is 6.10. The van der Waals surface area contributed by atoms with E-state index in [9.17, 15) is 0 Å². The quantitative estimate of drug-likeness (QED) is 0.779. The lowest BCUT2D eigenvalue weighted by atomic mass is 10.1. The minimum atomic E-state index is -0.0433. The largest absolute Gasteiger partial charge is 0.381 e. The maximum absolute atomic E-state index is 5.71. The Hall–Kier alpha value is -0.930. The molecule has 0 aliphatic carbocycles. The summed E-state index contributed by atoms with van der Waals surface area (Å²) in [7, 11) is 1.67. The molecule has 4 nitrogen and oxygen atoms in total. The molecule has 1 aliphatic rings. The molecule has 1 atom stereocenters. The van der Waals surface area contributed by atoms with Crippen molar-refractivity contribution < 1.29 is 14.2 Å². The van der Waals surface area contributed by atoms with Gasteiger partial charge in [0.25, 0.3) is 0 Å². The molecule has 1 aromatic rings. The highest BCUT2D eigenvalue weighted by Gasteiger charge is 2.13. The minimum absolute atomic E-state index is 0.0433. The van der Waals surface area contributed by atoms with Crippen molar-refractivity contribution in [3.63, 3.8) is 0 Å². The highest BCUT2D eigenvalue weighted by atomic mass is 79.9. The monoisotopic (exact) mass is 353 g/mol. The predicted molar refractivity (Wildman–Crippen MR) is 84.0 cm³/mol. The number of hydrogen-bond acceptors (Lipinski definition) is 4. The van der Waals surface area contributed by atoms with E-state index in [1.54, 1.807) is 13.3 Å². The van der Waals surface area contributed by atoms with Crippen molar-refractivity contribution in [2.24, 2.45) is 0 Å². The molecule has 1 aromatic heterocycles. The lowest BCUT2D eigenvalue weighted by Gasteiger charge is -2.21. The highest BCUT2D eigenvalue weighted by molar-refractivity contribution is 9.10. The van der Waals surface area contributed by atoms with E-state index in [1.807, 2.05) is 13.0 Å². The van der Waals surface area contributed by atoms with E-state index >= 15 is 0 Å². The summed E-state index contributed by atoms with van der Waals surface area (Å²) in [5, 5.41) is 0. The van der Waals surface area contributed by atoms with Gasteiger partial charge >= 0.3 is 0 Å². The Morgan fingerprint density at radius 1 is 1.48 bits per heavy atom. The Labute approximate surface area is 134 Å². The van der Waals surface area contributed by atoms with Crippen LogP contribution in [-0.4, -0.2) is 38.0 Å². The van der Waals surface area contributed by atoms with Crippen LogP contribution in [0, 0.1) is 11.8 Å². The Balaban J connectivity index is 1.88. The van der Waals surface area contributed by atoms with Gasteiger partial charge in [-0.05, 0) is 41.8 Å². The van der Waals surface area contributed by atoms with Crippen LogP contribution >= 0.6 is 15.9 Å². The molecule has 114 valence electrons. The van der Waals surface area contributed by atoms with E-state index in [0.717, 1.165) is 41.8 Å². The molecule has 0 amide bonds. The van der Waals surface area contributed by atoms with Gasteiger partial charge in [-0.3, -0.25) is 4.98 Å². The van der Waals surface area contributed by atoms with Crippen LogP contribution in [0.2, 0.25) is 0 Å². The summed E-state index contributed by atoms with van der Waals surface area (Å²) in [6.45, 7) is 3.97. The number of rotatable bonds is 4. The Kier molecular flexibility index (Phi) is 6.65. The van der Waals surface area contributed by atoms with Gasteiger partial charge in [0, 0.05) is 36.6 Å². The molecular weight excluding hydrogens is 334 g/mol. The highest BCUT2D eigenvalue weighted by Crippen LogP contribution is 2.23. The van der Waals surface area contributed by atoms with Crippen molar-refractivity contribution in [1.29, 1.82) is 0 Å². The van der Waals surface area contributed by atoms with E-state index in [-0.39, 0.29) is 12.2 Å². The molecule has 0 spiro atoms. The molecule has 0 bridgehead atoms. The zero-order chi connectivity index (χ0) is 15.1. The van der Waals surface area contributed by atoms with Gasteiger partial charge in [-0.2, -0.15) is 0 Å². The number of methoxy groups -OCH3 is 1. The molecule has 5 heteroatoms. The van der Waals surface area contributed by atoms with E-state index in [0.29, 0.717) is 6.61 Å². The fourth-order valence-corrected chi connectivity index (χ4v) is 2.74. The maximum Gasteiger partial charge on any atom is 0.108 e. The summed E-state index contributed by atoms with van der Waals surface area (Å²) in [6, 6.07) is 1.96. The number of aromatic nitrogens is 1. The van der Waals surface area contributed by atoms with Crippen LogP contribution in [0.15, 0.2) is 16.7 Å². The zero-order valence-corrected chi connectivity index (χ0v) is 14.0. The number of nitrogens with zero attached hydrogens (tertiary/aromatic N) is 1. The van der Waals surface area contributed by atoms with Crippen LogP contribution < -0.4 is 0 Å². The second-order valence-corrected chi connectivity index (χ2v) is 5.75. The van der Waals surface area contributed by atoms with Gasteiger partial charge in [-0.1, -0.05) is 11.8 Å². The summed E-state index contributed by atoms with van der Waals surface area (Å²) in [4.78, 5) is 4.39. The van der Waals surface area contributed by atoms with Crippen molar-refractivity contribution in [2.75, 3.05) is 26.9 Å². The molecule has 0 radical (unpaired) electrons. The molecule has 0 aromatic carbocycles. The van der Waals surface area contributed by atoms with Gasteiger partial charge in [-0.25, -0.2) is 0 Å². The second kappa shape index (κ2) is 8.50. The van der Waals surface area contributed by atoms with Crippen molar-refractivity contribution in [1.82, 2.24) is 4.98 Å². The van der Waals surface area contributed by atoms with Crippen LogP contribution in [0.5, 0.6) is 0 Å². The average Bonchev–Trinajstić information content (AvgIpc) is 2.52. The van der Waals surface area contributed by atoms with Gasteiger partial charge in [-0.15, -0.1) is 0 Å². The standard InChI is InChI=1S/C16H20BrNO3/c1-12(19-2)16-15(17)10-13(11-18-16)4-3-7-21-14-5-8-20-9-6-14/h10-12,14H,5-9H2,1-2H3/t12-/m0/s1. The normalized spacial score (nSPS) is 17.1. The van der Waals surface area contributed by atoms with Crippen LogP contribution in [0.25, 0.3) is 0 Å². The smallest absolute Gasteiger partial charge is 0.108 e. The Bertz CT molecular complexity index is 518. The SMILES string of the molecule is CO[C@@H](C)c1ncc(C#CCOC2CCOCC2)cc1Br. The third kappa shape index (κ3) is 5.08. The molecule has 0 saturated carbocycles. The molecule has 0 unspecified atom stereocenters. The van der Waals surface area contributed by atoms with Gasteiger partial charge < -0.3 is 14.2 Å². The number of halogens is 1. The van der Waals surface area contributed by atoms with Gasteiger partial charge in [0.15, 0.2) is 0 Å².